The number of ether oxygens (including phenoxy) is 1. The number of halogens is 2. The molecule has 1 saturated heterocycles. The summed E-state index contributed by atoms with van der Waals surface area (Å²) in [5.41, 5.74) is 2.62. The summed E-state index contributed by atoms with van der Waals surface area (Å²) in [7, 11) is 0. The van der Waals surface area contributed by atoms with Gasteiger partial charge >= 0.3 is 0 Å². The molecule has 0 aromatic heterocycles. The molecule has 1 heterocycles. The van der Waals surface area contributed by atoms with Crippen LogP contribution in [0.3, 0.4) is 0 Å². The maximum absolute atomic E-state index is 13.3. The van der Waals surface area contributed by atoms with Gasteiger partial charge in [-0.15, -0.1) is 0 Å². The fourth-order valence-corrected chi connectivity index (χ4v) is 4.23. The zero-order valence-electron chi connectivity index (χ0n) is 18.0. The molecule has 0 aliphatic carbocycles. The van der Waals surface area contributed by atoms with E-state index in [0.29, 0.717) is 27.7 Å². The van der Waals surface area contributed by atoms with E-state index in [0.717, 1.165) is 17.3 Å². The zero-order chi connectivity index (χ0) is 24.2. The lowest BCUT2D eigenvalue weighted by Gasteiger charge is -2.14. The second kappa shape index (κ2) is 10.1. The minimum Gasteiger partial charge on any atom is -0.483 e. The van der Waals surface area contributed by atoms with E-state index in [1.165, 1.54) is 29.2 Å². The third-order valence-electron chi connectivity index (χ3n) is 4.86. The average molecular weight is 496 g/mol. The average Bonchev–Trinajstić information content (AvgIpc) is 3.08. The van der Waals surface area contributed by atoms with Crippen molar-refractivity contribution in [3.63, 3.8) is 0 Å². The van der Waals surface area contributed by atoms with Crippen molar-refractivity contribution < 1.29 is 18.7 Å². The molecule has 0 bridgehead atoms. The van der Waals surface area contributed by atoms with Gasteiger partial charge in [0.15, 0.2) is 11.8 Å². The van der Waals surface area contributed by atoms with E-state index in [9.17, 15) is 14.0 Å². The Morgan fingerprint density at radius 2 is 1.85 bits per heavy atom. The van der Waals surface area contributed by atoms with E-state index in [2.05, 4.69) is 5.32 Å². The number of aryl methyl sites for hydroxylation is 1. The van der Waals surface area contributed by atoms with Crippen molar-refractivity contribution in [2.45, 2.75) is 6.92 Å². The van der Waals surface area contributed by atoms with Gasteiger partial charge in [0, 0.05) is 16.3 Å². The molecular weight excluding hydrogens is 477 g/mol. The van der Waals surface area contributed by atoms with Gasteiger partial charge in [0.1, 0.15) is 11.6 Å². The van der Waals surface area contributed by atoms with Gasteiger partial charge in [-0.05, 0) is 79.4 Å². The predicted octanol–water partition coefficient (Wildman–Crippen LogP) is 5.86. The summed E-state index contributed by atoms with van der Waals surface area (Å²) < 4.78 is 19.0. The summed E-state index contributed by atoms with van der Waals surface area (Å²) >= 11 is 7.11. The zero-order valence-corrected chi connectivity index (χ0v) is 19.5. The standard InChI is InChI=1S/C25H19ClFN3O3S/c1-15-2-7-19(8-3-15)29-23(31)14-33-21-11-4-17(26)12-16(21)13-22-24(32)30(25(28)34-22)20-9-5-18(27)6-10-20/h2-13,28H,14H2,1H3,(H,29,31)/b22-13-,28-25?. The number of anilines is 2. The number of nitrogens with zero attached hydrogens (tertiary/aromatic N) is 1. The fraction of sp³-hybridized carbons (Fsp3) is 0.0800. The van der Waals surface area contributed by atoms with Gasteiger partial charge in [-0.1, -0.05) is 29.3 Å². The van der Waals surface area contributed by atoms with E-state index in [-0.39, 0.29) is 22.6 Å². The van der Waals surface area contributed by atoms with Crippen LogP contribution < -0.4 is 15.0 Å². The first kappa shape index (κ1) is 23.5. The van der Waals surface area contributed by atoms with Crippen molar-refractivity contribution in [1.82, 2.24) is 0 Å². The second-order valence-corrected chi connectivity index (χ2v) is 8.88. The Labute approximate surface area is 204 Å². The van der Waals surface area contributed by atoms with Crippen LogP contribution in [0.25, 0.3) is 6.08 Å². The Balaban J connectivity index is 1.51. The van der Waals surface area contributed by atoms with Crippen LogP contribution in [0.1, 0.15) is 11.1 Å². The molecule has 0 unspecified atom stereocenters. The molecule has 1 fully saturated rings. The van der Waals surface area contributed by atoms with Crippen LogP contribution in [0.4, 0.5) is 15.8 Å². The molecule has 9 heteroatoms. The van der Waals surface area contributed by atoms with Gasteiger partial charge in [0.2, 0.25) is 0 Å². The van der Waals surface area contributed by atoms with E-state index < -0.39 is 11.7 Å². The number of thioether (sulfide) groups is 1. The van der Waals surface area contributed by atoms with Crippen molar-refractivity contribution in [2.24, 2.45) is 0 Å². The smallest absolute Gasteiger partial charge is 0.271 e. The Morgan fingerprint density at radius 3 is 2.56 bits per heavy atom. The van der Waals surface area contributed by atoms with Crippen molar-refractivity contribution in [3.05, 3.63) is 93.6 Å². The number of rotatable bonds is 6. The van der Waals surface area contributed by atoms with Crippen LogP contribution in [0, 0.1) is 18.2 Å². The summed E-state index contributed by atoms with van der Waals surface area (Å²) in [5, 5.41) is 11.4. The number of carbonyl (C=O) groups is 2. The second-order valence-electron chi connectivity index (χ2n) is 7.42. The monoisotopic (exact) mass is 495 g/mol. The Morgan fingerprint density at radius 1 is 1.15 bits per heavy atom. The van der Waals surface area contributed by atoms with Gasteiger partial charge < -0.3 is 10.1 Å². The van der Waals surface area contributed by atoms with Gasteiger partial charge in [-0.2, -0.15) is 0 Å². The lowest BCUT2D eigenvalue weighted by Crippen LogP contribution is -2.28. The summed E-state index contributed by atoms with van der Waals surface area (Å²) in [5.74, 6) is -0.841. The van der Waals surface area contributed by atoms with Gasteiger partial charge in [0.25, 0.3) is 11.8 Å². The summed E-state index contributed by atoms with van der Waals surface area (Å²) in [6.07, 6.45) is 1.56. The molecule has 0 saturated carbocycles. The quantitative estimate of drug-likeness (QED) is 0.419. The third kappa shape index (κ3) is 5.47. The van der Waals surface area contributed by atoms with Crippen LogP contribution >= 0.6 is 23.4 Å². The van der Waals surface area contributed by atoms with E-state index >= 15 is 0 Å². The molecule has 0 spiro atoms. The van der Waals surface area contributed by atoms with Gasteiger partial charge in [0.05, 0.1) is 10.6 Å². The van der Waals surface area contributed by atoms with E-state index in [4.69, 9.17) is 21.7 Å². The predicted molar refractivity (Wildman–Crippen MR) is 134 cm³/mol. The molecule has 3 aromatic carbocycles. The molecule has 1 aliphatic heterocycles. The first-order valence-corrected chi connectivity index (χ1v) is 11.4. The van der Waals surface area contributed by atoms with Crippen LogP contribution in [-0.2, 0) is 9.59 Å². The molecule has 2 amide bonds. The number of amides is 2. The van der Waals surface area contributed by atoms with Crippen LogP contribution in [0.15, 0.2) is 71.6 Å². The fourth-order valence-electron chi connectivity index (χ4n) is 3.19. The Bertz CT molecular complexity index is 1290. The Hall–Kier alpha value is -3.62. The van der Waals surface area contributed by atoms with Crippen LogP contribution in [-0.4, -0.2) is 23.6 Å². The molecule has 172 valence electrons. The number of amidine groups is 1. The minimum atomic E-state index is -0.433. The Kier molecular flexibility index (Phi) is 7.00. The number of nitrogens with one attached hydrogen (secondary N) is 2. The molecule has 1 aliphatic rings. The maximum atomic E-state index is 13.3. The first-order valence-electron chi connectivity index (χ1n) is 10.2. The highest BCUT2D eigenvalue weighted by atomic mass is 35.5. The third-order valence-corrected chi connectivity index (χ3v) is 5.98. The normalized spacial score (nSPS) is 14.6. The number of hydrogen-bond donors (Lipinski definition) is 2. The van der Waals surface area contributed by atoms with Crippen molar-refractivity contribution >= 4 is 57.8 Å². The first-order chi connectivity index (χ1) is 16.3. The van der Waals surface area contributed by atoms with Crippen LogP contribution in [0.2, 0.25) is 5.02 Å². The highest BCUT2D eigenvalue weighted by Crippen LogP contribution is 2.37. The van der Waals surface area contributed by atoms with Gasteiger partial charge in [-0.25, -0.2) is 4.39 Å². The topological polar surface area (TPSA) is 82.5 Å². The van der Waals surface area contributed by atoms with E-state index in [1.807, 2.05) is 19.1 Å². The van der Waals surface area contributed by atoms with Crippen molar-refractivity contribution in [2.75, 3.05) is 16.8 Å². The molecule has 34 heavy (non-hydrogen) atoms. The summed E-state index contributed by atoms with van der Waals surface area (Å²) in [6, 6.07) is 17.6. The molecule has 0 atom stereocenters. The maximum Gasteiger partial charge on any atom is 0.271 e. The molecule has 3 aromatic rings. The largest absolute Gasteiger partial charge is 0.483 e. The van der Waals surface area contributed by atoms with Gasteiger partial charge in [-0.3, -0.25) is 19.9 Å². The summed E-state index contributed by atoms with van der Waals surface area (Å²) in [6.45, 7) is 1.71. The van der Waals surface area contributed by atoms with Crippen molar-refractivity contribution in [3.8, 4) is 5.75 Å². The van der Waals surface area contributed by atoms with Crippen molar-refractivity contribution in [1.29, 1.82) is 5.41 Å². The van der Waals surface area contributed by atoms with Crippen LogP contribution in [0.5, 0.6) is 5.75 Å². The molecule has 0 radical (unpaired) electrons. The lowest BCUT2D eigenvalue weighted by molar-refractivity contribution is -0.118. The minimum absolute atomic E-state index is 0.00942. The van der Waals surface area contributed by atoms with E-state index in [1.54, 1.807) is 36.4 Å². The highest BCUT2D eigenvalue weighted by Gasteiger charge is 2.33. The molecular formula is C25H19ClFN3O3S. The molecule has 6 nitrogen and oxygen atoms in total. The lowest BCUT2D eigenvalue weighted by atomic mass is 10.1. The summed E-state index contributed by atoms with van der Waals surface area (Å²) in [4.78, 5) is 26.7. The highest BCUT2D eigenvalue weighted by molar-refractivity contribution is 8.19. The number of carbonyl (C=O) groups excluding carboxylic acids is 2. The number of hydrogen-bond acceptors (Lipinski definition) is 5. The number of benzene rings is 3. The SMILES string of the molecule is Cc1ccc(NC(=O)COc2ccc(Cl)cc2/C=C2\SC(=N)N(c3ccc(F)cc3)C2=O)cc1. The molecule has 2 N–H and O–H groups in total. The molecule has 4 rings (SSSR count).